The molecule has 148 valence electrons. The summed E-state index contributed by atoms with van der Waals surface area (Å²) in [5.41, 5.74) is 3.30. The van der Waals surface area contributed by atoms with Gasteiger partial charge in [0.15, 0.2) is 0 Å². The number of carbonyl (C=O) groups excluding carboxylic acids is 1. The Morgan fingerprint density at radius 1 is 1.21 bits per heavy atom. The molecule has 0 aliphatic carbocycles. The van der Waals surface area contributed by atoms with Crippen molar-refractivity contribution in [3.63, 3.8) is 0 Å². The van der Waals surface area contributed by atoms with Crippen molar-refractivity contribution in [1.82, 2.24) is 10.3 Å². The number of carbonyl (C=O) groups is 1. The van der Waals surface area contributed by atoms with Gasteiger partial charge in [-0.1, -0.05) is 35.9 Å². The fourth-order valence-electron chi connectivity index (χ4n) is 2.77. The lowest BCUT2D eigenvalue weighted by molar-refractivity contribution is -0.117. The Morgan fingerprint density at radius 2 is 2.07 bits per heavy atom. The third kappa shape index (κ3) is 6.16. The van der Waals surface area contributed by atoms with Gasteiger partial charge >= 0.3 is 0 Å². The summed E-state index contributed by atoms with van der Waals surface area (Å²) in [4.78, 5) is 16.3. The number of hydrogen-bond donors (Lipinski definition) is 2. The van der Waals surface area contributed by atoms with Crippen molar-refractivity contribution in [1.29, 1.82) is 0 Å². The molecule has 1 atom stereocenters. The summed E-state index contributed by atoms with van der Waals surface area (Å²) in [5, 5.41) is 6.55. The number of aromatic nitrogens is 1. The minimum atomic E-state index is -0.470. The summed E-state index contributed by atoms with van der Waals surface area (Å²) in [7, 11) is 0. The average Bonchev–Trinajstić information content (AvgIpc) is 2.72. The minimum absolute atomic E-state index is 0.206. The molecule has 2 N–H and O–H groups in total. The summed E-state index contributed by atoms with van der Waals surface area (Å²) >= 11 is 5.73. The first kappa shape index (κ1) is 20.6. The third-order valence-corrected chi connectivity index (χ3v) is 4.58. The van der Waals surface area contributed by atoms with Crippen LogP contribution in [0.3, 0.4) is 0 Å². The molecule has 3 rings (SSSR count). The van der Waals surface area contributed by atoms with Gasteiger partial charge in [0.1, 0.15) is 5.82 Å². The number of benzene rings is 2. The second-order valence-corrected chi connectivity index (χ2v) is 7.01. The maximum Gasteiger partial charge on any atom is 0.244 e. The Hall–Kier alpha value is -3.18. The van der Waals surface area contributed by atoms with E-state index in [0.29, 0.717) is 17.1 Å². The standard InChI is InChI=1S/C23H21ClFN3O/c1-16(28-23(29)10-8-18-7-9-20(24)13-22(18)25)19-5-2-6-21(12-19)27-15-17-4-3-11-26-14-17/h2-14,16,27H,15H2,1H3,(H,28,29)/b10-8+/t16-/m0/s1. The summed E-state index contributed by atoms with van der Waals surface area (Å²) in [6.07, 6.45) is 6.30. The Bertz CT molecular complexity index is 1010. The lowest BCUT2D eigenvalue weighted by Gasteiger charge is -2.15. The number of nitrogens with zero attached hydrogens (tertiary/aromatic N) is 1. The predicted octanol–water partition coefficient (Wildman–Crippen LogP) is 5.38. The van der Waals surface area contributed by atoms with Gasteiger partial charge in [-0.3, -0.25) is 9.78 Å². The highest BCUT2D eigenvalue weighted by molar-refractivity contribution is 6.30. The zero-order valence-corrected chi connectivity index (χ0v) is 16.7. The molecule has 1 amide bonds. The lowest BCUT2D eigenvalue weighted by Crippen LogP contribution is -2.24. The van der Waals surface area contributed by atoms with E-state index in [0.717, 1.165) is 16.8 Å². The summed E-state index contributed by atoms with van der Waals surface area (Å²) in [6.45, 7) is 2.56. The van der Waals surface area contributed by atoms with Gasteiger partial charge < -0.3 is 10.6 Å². The predicted molar refractivity (Wildman–Crippen MR) is 115 cm³/mol. The van der Waals surface area contributed by atoms with Crippen molar-refractivity contribution >= 4 is 29.3 Å². The molecule has 1 aromatic heterocycles. The molecule has 2 aromatic carbocycles. The van der Waals surface area contributed by atoms with Crippen molar-refractivity contribution in [3.8, 4) is 0 Å². The molecule has 3 aromatic rings. The number of halogens is 2. The summed E-state index contributed by atoms with van der Waals surface area (Å²) in [5.74, 6) is -0.775. The summed E-state index contributed by atoms with van der Waals surface area (Å²) in [6, 6.07) is 15.9. The monoisotopic (exact) mass is 409 g/mol. The molecule has 0 bridgehead atoms. The van der Waals surface area contributed by atoms with Crippen LogP contribution in [0.1, 0.15) is 29.7 Å². The van der Waals surface area contributed by atoms with Gasteiger partial charge in [0.25, 0.3) is 0 Å². The van der Waals surface area contributed by atoms with E-state index in [2.05, 4.69) is 15.6 Å². The van der Waals surface area contributed by atoms with Crippen molar-refractivity contribution in [2.75, 3.05) is 5.32 Å². The van der Waals surface area contributed by atoms with E-state index in [1.54, 1.807) is 12.3 Å². The fourth-order valence-corrected chi connectivity index (χ4v) is 2.93. The van der Waals surface area contributed by atoms with E-state index in [-0.39, 0.29) is 11.9 Å². The molecular formula is C23H21ClFN3O. The van der Waals surface area contributed by atoms with Crippen LogP contribution in [0.5, 0.6) is 0 Å². The van der Waals surface area contributed by atoms with Gasteiger partial charge in [-0.05, 0) is 54.5 Å². The smallest absolute Gasteiger partial charge is 0.244 e. The molecule has 0 aliphatic heterocycles. The normalized spacial score (nSPS) is 12.0. The minimum Gasteiger partial charge on any atom is -0.381 e. The van der Waals surface area contributed by atoms with Gasteiger partial charge in [0.05, 0.1) is 6.04 Å². The number of nitrogens with one attached hydrogen (secondary N) is 2. The Kier molecular flexibility index (Phi) is 6.98. The van der Waals surface area contributed by atoms with Crippen LogP contribution in [-0.2, 0) is 11.3 Å². The van der Waals surface area contributed by atoms with Crippen molar-refractivity contribution in [2.45, 2.75) is 19.5 Å². The van der Waals surface area contributed by atoms with Crippen LogP contribution in [0.15, 0.2) is 73.1 Å². The molecule has 29 heavy (non-hydrogen) atoms. The lowest BCUT2D eigenvalue weighted by atomic mass is 10.1. The Balaban J connectivity index is 1.59. The number of hydrogen-bond acceptors (Lipinski definition) is 3. The molecule has 4 nitrogen and oxygen atoms in total. The third-order valence-electron chi connectivity index (χ3n) is 4.34. The molecule has 0 saturated heterocycles. The van der Waals surface area contributed by atoms with Gasteiger partial charge in [-0.25, -0.2) is 4.39 Å². The fraction of sp³-hybridized carbons (Fsp3) is 0.130. The zero-order chi connectivity index (χ0) is 20.6. The maximum atomic E-state index is 13.8. The Labute approximate surface area is 174 Å². The topological polar surface area (TPSA) is 54.0 Å². The zero-order valence-electron chi connectivity index (χ0n) is 15.9. The first-order valence-electron chi connectivity index (χ1n) is 9.17. The molecule has 6 heteroatoms. The highest BCUT2D eigenvalue weighted by Crippen LogP contribution is 2.19. The maximum absolute atomic E-state index is 13.8. The molecule has 0 radical (unpaired) electrons. The van der Waals surface area contributed by atoms with Crippen molar-refractivity contribution < 1.29 is 9.18 Å². The molecule has 0 unspecified atom stereocenters. The molecule has 1 heterocycles. The van der Waals surface area contributed by atoms with Crippen LogP contribution in [-0.4, -0.2) is 10.9 Å². The van der Waals surface area contributed by atoms with Crippen molar-refractivity contribution in [3.05, 3.63) is 101 Å². The highest BCUT2D eigenvalue weighted by Gasteiger charge is 2.09. The quantitative estimate of drug-likeness (QED) is 0.515. The Morgan fingerprint density at radius 3 is 2.83 bits per heavy atom. The van der Waals surface area contributed by atoms with Crippen LogP contribution < -0.4 is 10.6 Å². The number of pyridine rings is 1. The number of amides is 1. The SMILES string of the molecule is C[C@H](NC(=O)/C=C/c1ccc(Cl)cc1F)c1cccc(NCc2cccnc2)c1. The average molecular weight is 410 g/mol. The van der Waals surface area contributed by atoms with E-state index in [4.69, 9.17) is 11.6 Å². The highest BCUT2D eigenvalue weighted by atomic mass is 35.5. The van der Waals surface area contributed by atoms with E-state index >= 15 is 0 Å². The first-order valence-corrected chi connectivity index (χ1v) is 9.55. The summed E-state index contributed by atoms with van der Waals surface area (Å²) < 4.78 is 13.8. The van der Waals surface area contributed by atoms with E-state index in [1.165, 1.54) is 24.3 Å². The van der Waals surface area contributed by atoms with Gasteiger partial charge in [-0.15, -0.1) is 0 Å². The van der Waals surface area contributed by atoms with Crippen LogP contribution in [0.25, 0.3) is 6.08 Å². The molecule has 0 saturated carbocycles. The second-order valence-electron chi connectivity index (χ2n) is 6.57. The largest absolute Gasteiger partial charge is 0.381 e. The van der Waals surface area contributed by atoms with Gasteiger partial charge in [0.2, 0.25) is 5.91 Å². The molecular weight excluding hydrogens is 389 g/mol. The van der Waals surface area contributed by atoms with E-state index in [9.17, 15) is 9.18 Å². The van der Waals surface area contributed by atoms with E-state index in [1.807, 2.05) is 49.5 Å². The molecule has 0 spiro atoms. The number of rotatable bonds is 7. The van der Waals surface area contributed by atoms with Gasteiger partial charge in [0, 0.05) is 41.3 Å². The van der Waals surface area contributed by atoms with Crippen LogP contribution in [0, 0.1) is 5.82 Å². The van der Waals surface area contributed by atoms with Crippen LogP contribution in [0.2, 0.25) is 5.02 Å². The number of anilines is 1. The van der Waals surface area contributed by atoms with Gasteiger partial charge in [-0.2, -0.15) is 0 Å². The van der Waals surface area contributed by atoms with Crippen molar-refractivity contribution in [2.24, 2.45) is 0 Å². The van der Waals surface area contributed by atoms with Crippen LogP contribution in [0.4, 0.5) is 10.1 Å². The first-order chi connectivity index (χ1) is 14.0. The van der Waals surface area contributed by atoms with Crippen LogP contribution >= 0.6 is 11.6 Å². The second kappa shape index (κ2) is 9.85. The molecule has 0 aliphatic rings. The van der Waals surface area contributed by atoms with E-state index < -0.39 is 5.82 Å². The molecule has 0 fully saturated rings.